The molecule has 0 aliphatic carbocycles. The highest BCUT2D eigenvalue weighted by atomic mass is 19.4. The largest absolute Gasteiger partial charge is 0.490 e. The van der Waals surface area contributed by atoms with Gasteiger partial charge in [0.15, 0.2) is 17.4 Å². The van der Waals surface area contributed by atoms with E-state index in [0.29, 0.717) is 11.0 Å². The van der Waals surface area contributed by atoms with E-state index in [0.717, 1.165) is 17.0 Å². The third kappa shape index (κ3) is 4.94. The van der Waals surface area contributed by atoms with Gasteiger partial charge in [0.2, 0.25) is 5.95 Å². The number of benzene rings is 3. The lowest BCUT2D eigenvalue weighted by molar-refractivity contribution is -0.192. The number of hydrogen-bond donors (Lipinski definition) is 5. The fraction of sp³-hybridized carbons (Fsp3) is 0.0833. The molecule has 0 fully saturated rings. The molecule has 10 nitrogen and oxygen atoms in total. The molecule has 1 atom stereocenters. The Morgan fingerprint density at radius 2 is 1.64 bits per heavy atom. The highest BCUT2D eigenvalue weighted by Crippen LogP contribution is 2.45. The molecule has 0 saturated heterocycles. The number of carbonyl (C=O) groups is 3. The van der Waals surface area contributed by atoms with Crippen molar-refractivity contribution in [2.24, 2.45) is 0 Å². The number of imidazole rings is 1. The number of fused-ring (bicyclic) bond motifs is 2. The second kappa shape index (κ2) is 9.68. The maximum absolute atomic E-state index is 14.0. The third-order valence-corrected chi connectivity index (χ3v) is 5.57. The number of nitrogens with zero attached hydrogens (tertiary/aromatic N) is 2. The van der Waals surface area contributed by atoms with Crippen molar-refractivity contribution in [1.29, 1.82) is 0 Å². The van der Waals surface area contributed by atoms with Crippen LogP contribution in [0.3, 0.4) is 0 Å². The summed E-state index contributed by atoms with van der Waals surface area (Å²) in [6.07, 6.45) is -6.39. The molecular weight excluding hydrogens is 535 g/mol. The number of aliphatic carboxylic acids is 1. The summed E-state index contributed by atoms with van der Waals surface area (Å²) >= 11 is 0. The molecule has 5 N–H and O–H groups in total. The first-order chi connectivity index (χ1) is 18.2. The van der Waals surface area contributed by atoms with Crippen LogP contribution in [0.25, 0.3) is 11.0 Å². The van der Waals surface area contributed by atoms with Crippen LogP contribution in [0, 0.1) is 11.6 Å². The number of H-pyrrole nitrogens is 1. The van der Waals surface area contributed by atoms with E-state index in [1.165, 1.54) is 24.3 Å². The van der Waals surface area contributed by atoms with Gasteiger partial charge in [0.05, 0.1) is 16.7 Å². The number of carboxylic acids is 1. The van der Waals surface area contributed by atoms with Crippen molar-refractivity contribution < 1.29 is 51.7 Å². The third-order valence-electron chi connectivity index (χ3n) is 5.57. The molecule has 1 aliphatic rings. The van der Waals surface area contributed by atoms with Crippen molar-refractivity contribution in [3.63, 3.8) is 0 Å². The van der Waals surface area contributed by atoms with E-state index < -0.39 is 41.5 Å². The average molecular weight is 550 g/mol. The van der Waals surface area contributed by atoms with E-state index in [1.807, 2.05) is 0 Å². The molecule has 0 radical (unpaired) electrons. The van der Waals surface area contributed by atoms with Crippen LogP contribution in [-0.4, -0.2) is 49.4 Å². The second-order valence-corrected chi connectivity index (χ2v) is 8.01. The monoisotopic (exact) mass is 550 g/mol. The summed E-state index contributed by atoms with van der Waals surface area (Å²) < 4.78 is 59.3. The minimum atomic E-state index is -5.08. The van der Waals surface area contributed by atoms with Gasteiger partial charge < -0.3 is 20.3 Å². The van der Waals surface area contributed by atoms with E-state index in [9.17, 15) is 36.6 Å². The van der Waals surface area contributed by atoms with Crippen LogP contribution in [-0.2, 0) is 10.5 Å². The average Bonchev–Trinajstić information content (AvgIpc) is 3.36. The number of alkyl halides is 3. The molecule has 0 bridgehead atoms. The minimum Gasteiger partial charge on any atom is -0.475 e. The summed E-state index contributed by atoms with van der Waals surface area (Å²) in [6, 6.07) is 13.9. The quantitative estimate of drug-likeness (QED) is 0.237. The summed E-state index contributed by atoms with van der Waals surface area (Å²) in [5.74, 6) is -5.62. The van der Waals surface area contributed by atoms with Crippen molar-refractivity contribution in [3.05, 3.63) is 89.0 Å². The van der Waals surface area contributed by atoms with Gasteiger partial charge in [0.1, 0.15) is 0 Å². The van der Waals surface area contributed by atoms with Crippen molar-refractivity contribution >= 4 is 40.6 Å². The number of carbonyl (C=O) groups excluding carboxylic acids is 1. The molecule has 2 heterocycles. The molecule has 202 valence electrons. The number of anilines is 2. The molecule has 5 rings (SSSR count). The second-order valence-electron chi connectivity index (χ2n) is 8.01. The van der Waals surface area contributed by atoms with E-state index in [2.05, 4.69) is 15.3 Å². The number of halogens is 5. The molecule has 1 aromatic heterocycles. The number of amides is 2. The van der Waals surface area contributed by atoms with E-state index in [4.69, 9.17) is 15.0 Å². The maximum atomic E-state index is 14.0. The van der Waals surface area contributed by atoms with Gasteiger partial charge in [-0.3, -0.25) is 15.0 Å². The normalized spacial score (nSPS) is 16.5. The maximum Gasteiger partial charge on any atom is 0.490 e. The number of aromatic amines is 1. The van der Waals surface area contributed by atoms with Crippen molar-refractivity contribution in [2.75, 3.05) is 10.2 Å². The van der Waals surface area contributed by atoms with Crippen LogP contribution in [0.1, 0.15) is 21.5 Å². The lowest BCUT2D eigenvalue weighted by Gasteiger charge is -2.34. The molecule has 0 saturated carbocycles. The molecule has 2 amide bonds. The zero-order valence-electron chi connectivity index (χ0n) is 19.1. The highest BCUT2D eigenvalue weighted by molar-refractivity contribution is 6.12. The van der Waals surface area contributed by atoms with Gasteiger partial charge in [-0.25, -0.2) is 23.4 Å². The number of rotatable bonds is 3. The Morgan fingerprint density at radius 1 is 0.974 bits per heavy atom. The highest BCUT2D eigenvalue weighted by Gasteiger charge is 2.51. The van der Waals surface area contributed by atoms with Crippen LogP contribution in [0.15, 0.2) is 60.7 Å². The molecule has 15 heteroatoms. The Bertz CT molecular complexity index is 1620. The van der Waals surface area contributed by atoms with Gasteiger partial charge in [-0.15, -0.1) is 0 Å². The zero-order valence-corrected chi connectivity index (χ0v) is 19.1. The molecule has 1 unspecified atom stereocenters. The molecule has 0 spiro atoms. The summed E-state index contributed by atoms with van der Waals surface area (Å²) in [4.78, 5) is 40.9. The van der Waals surface area contributed by atoms with Crippen molar-refractivity contribution in [2.45, 2.75) is 11.9 Å². The number of hydrogen-bond acceptors (Lipinski definition) is 5. The Morgan fingerprint density at radius 3 is 2.26 bits per heavy atom. The van der Waals surface area contributed by atoms with Crippen LogP contribution in [0.4, 0.5) is 38.4 Å². The van der Waals surface area contributed by atoms with E-state index in [-0.39, 0.29) is 28.3 Å². The fourth-order valence-corrected chi connectivity index (χ4v) is 3.96. The first kappa shape index (κ1) is 27.0. The Kier molecular flexibility index (Phi) is 6.70. The summed E-state index contributed by atoms with van der Waals surface area (Å²) in [7, 11) is 0. The first-order valence-corrected chi connectivity index (χ1v) is 10.6. The molecule has 1 aliphatic heterocycles. The van der Waals surface area contributed by atoms with Gasteiger partial charge in [0, 0.05) is 22.8 Å². The summed E-state index contributed by atoms with van der Waals surface area (Å²) in [5.41, 5.74) is -0.598. The molecule has 3 aromatic carbocycles. The van der Waals surface area contributed by atoms with Gasteiger partial charge in [-0.2, -0.15) is 13.2 Å². The van der Waals surface area contributed by atoms with Gasteiger partial charge >= 0.3 is 18.2 Å². The minimum absolute atomic E-state index is 0.0167. The van der Waals surface area contributed by atoms with Gasteiger partial charge in [-0.1, -0.05) is 24.3 Å². The Balaban J connectivity index is 0.000000448. The summed E-state index contributed by atoms with van der Waals surface area (Å²) in [5, 5.41) is 30.0. The number of aromatic nitrogens is 2. The SMILES string of the molecule is O=C(O)C(F)(F)F.O=C(O)Nc1nc2cc(C3(O)c4ccccc4C(=O)N3c3ccc(F)c(F)c3)ccc2[nH]1. The number of carboxylic acid groups (broad SMARTS) is 2. The van der Waals surface area contributed by atoms with Crippen LogP contribution >= 0.6 is 0 Å². The lowest BCUT2D eigenvalue weighted by atomic mass is 9.93. The predicted octanol–water partition coefficient (Wildman–Crippen LogP) is 4.42. The van der Waals surface area contributed by atoms with E-state index in [1.54, 1.807) is 24.3 Å². The topological polar surface area (TPSA) is 156 Å². The van der Waals surface area contributed by atoms with Crippen LogP contribution in [0.2, 0.25) is 0 Å². The first-order valence-electron chi connectivity index (χ1n) is 10.6. The van der Waals surface area contributed by atoms with Crippen molar-refractivity contribution in [1.82, 2.24) is 9.97 Å². The fourth-order valence-electron chi connectivity index (χ4n) is 3.96. The number of nitrogens with one attached hydrogen (secondary N) is 2. The molecule has 39 heavy (non-hydrogen) atoms. The zero-order chi connectivity index (χ0) is 28.7. The number of aliphatic hydroxyl groups is 1. The summed E-state index contributed by atoms with van der Waals surface area (Å²) in [6.45, 7) is 0. The Hall–Kier alpha value is -5.05. The Labute approximate surface area is 213 Å². The van der Waals surface area contributed by atoms with Crippen LogP contribution < -0.4 is 10.2 Å². The van der Waals surface area contributed by atoms with Gasteiger partial charge in [-0.05, 0) is 30.3 Å². The standard InChI is InChI=1S/C22H14F2N4O4.C2HF3O2/c23-15-7-6-12(10-16(15)24)28-19(29)13-3-1-2-4-14(13)22(28,32)11-5-8-17-18(9-11)26-20(25-17)27-21(30)31;3-2(4,5)1(6)7/h1-10,32H,(H,30,31)(H2,25,26,27);(H,6,7). The smallest absolute Gasteiger partial charge is 0.475 e. The van der Waals surface area contributed by atoms with E-state index >= 15 is 0 Å². The van der Waals surface area contributed by atoms with Crippen LogP contribution in [0.5, 0.6) is 0 Å². The molecular formula is C24H15F5N4O6. The van der Waals surface area contributed by atoms with Crippen molar-refractivity contribution in [3.8, 4) is 0 Å². The lowest BCUT2D eigenvalue weighted by Crippen LogP contribution is -2.45. The predicted molar refractivity (Wildman–Crippen MR) is 124 cm³/mol. The van der Waals surface area contributed by atoms with Gasteiger partial charge in [0.25, 0.3) is 5.91 Å². The molecule has 4 aromatic rings.